The fraction of sp³-hybridized carbons (Fsp3) is 0.533. The SMILES string of the molecule is Cc1ccc(C(=O)N2CCC(O)C2(C)C)c(C)c1. The van der Waals surface area contributed by atoms with Gasteiger partial charge in [0.25, 0.3) is 5.91 Å². The lowest BCUT2D eigenvalue weighted by Gasteiger charge is -2.34. The Labute approximate surface area is 108 Å². The molecule has 1 saturated heterocycles. The van der Waals surface area contributed by atoms with Crippen LogP contribution >= 0.6 is 0 Å². The third-order valence-corrected chi connectivity index (χ3v) is 3.99. The Balaban J connectivity index is 2.32. The molecule has 1 amide bonds. The summed E-state index contributed by atoms with van der Waals surface area (Å²) < 4.78 is 0. The predicted molar refractivity (Wildman–Crippen MR) is 71.7 cm³/mol. The van der Waals surface area contributed by atoms with Crippen LogP contribution in [0.1, 0.15) is 41.8 Å². The Kier molecular flexibility index (Phi) is 3.20. The number of nitrogens with zero attached hydrogens (tertiary/aromatic N) is 1. The molecule has 1 aromatic rings. The molecule has 0 aliphatic carbocycles. The normalized spacial score (nSPS) is 22.3. The molecule has 1 aromatic carbocycles. The summed E-state index contributed by atoms with van der Waals surface area (Å²) in [5.74, 6) is 0.0223. The summed E-state index contributed by atoms with van der Waals surface area (Å²) in [6.45, 7) is 8.45. The van der Waals surface area contributed by atoms with Gasteiger partial charge in [-0.3, -0.25) is 4.79 Å². The minimum atomic E-state index is -0.478. The highest BCUT2D eigenvalue weighted by Crippen LogP contribution is 2.30. The summed E-state index contributed by atoms with van der Waals surface area (Å²) in [6.07, 6.45) is 0.219. The van der Waals surface area contributed by atoms with Gasteiger partial charge < -0.3 is 10.0 Å². The van der Waals surface area contributed by atoms with Gasteiger partial charge in [0.1, 0.15) is 0 Å². The largest absolute Gasteiger partial charge is 0.391 e. The van der Waals surface area contributed by atoms with Crippen molar-refractivity contribution in [2.45, 2.75) is 45.8 Å². The lowest BCUT2D eigenvalue weighted by atomic mass is 9.97. The maximum atomic E-state index is 12.6. The molecule has 0 saturated carbocycles. The second-order valence-corrected chi connectivity index (χ2v) is 5.73. The number of aliphatic hydroxyl groups is 1. The first-order chi connectivity index (χ1) is 8.34. The third-order valence-electron chi connectivity index (χ3n) is 3.99. The van der Waals surface area contributed by atoms with Crippen molar-refractivity contribution < 1.29 is 9.90 Å². The highest BCUT2D eigenvalue weighted by atomic mass is 16.3. The van der Waals surface area contributed by atoms with Crippen LogP contribution in [0.4, 0.5) is 0 Å². The molecule has 0 aromatic heterocycles. The molecule has 3 heteroatoms. The Bertz CT molecular complexity index is 479. The zero-order chi connectivity index (χ0) is 13.5. The third kappa shape index (κ3) is 2.03. The molecule has 1 N–H and O–H groups in total. The maximum absolute atomic E-state index is 12.6. The molecular weight excluding hydrogens is 226 g/mol. The van der Waals surface area contributed by atoms with Gasteiger partial charge in [-0.15, -0.1) is 0 Å². The summed E-state index contributed by atoms with van der Waals surface area (Å²) in [6, 6.07) is 5.86. The van der Waals surface area contributed by atoms with Crippen molar-refractivity contribution in [3.63, 3.8) is 0 Å². The smallest absolute Gasteiger partial charge is 0.254 e. The predicted octanol–water partition coefficient (Wildman–Crippen LogP) is 2.29. The topological polar surface area (TPSA) is 40.5 Å². The molecule has 1 heterocycles. The molecule has 1 aliphatic heterocycles. The van der Waals surface area contributed by atoms with Gasteiger partial charge in [-0.1, -0.05) is 17.7 Å². The molecule has 3 nitrogen and oxygen atoms in total. The Hall–Kier alpha value is -1.35. The number of benzene rings is 1. The molecule has 1 aliphatic rings. The van der Waals surface area contributed by atoms with Gasteiger partial charge in [0.05, 0.1) is 11.6 Å². The number of likely N-dealkylation sites (tertiary alicyclic amines) is 1. The monoisotopic (exact) mass is 247 g/mol. The first-order valence-corrected chi connectivity index (χ1v) is 6.41. The van der Waals surface area contributed by atoms with Crippen LogP contribution in [0.25, 0.3) is 0 Å². The number of aliphatic hydroxyl groups excluding tert-OH is 1. The van der Waals surface area contributed by atoms with Crippen LogP contribution in [0, 0.1) is 13.8 Å². The number of rotatable bonds is 1. The van der Waals surface area contributed by atoms with Crippen LogP contribution in [0.5, 0.6) is 0 Å². The molecule has 2 rings (SSSR count). The number of amides is 1. The van der Waals surface area contributed by atoms with Crippen molar-refractivity contribution in [2.24, 2.45) is 0 Å². The number of hydrogen-bond acceptors (Lipinski definition) is 2. The van der Waals surface area contributed by atoms with E-state index in [-0.39, 0.29) is 5.91 Å². The summed E-state index contributed by atoms with van der Waals surface area (Å²) in [5, 5.41) is 9.94. The number of aryl methyl sites for hydroxylation is 2. The van der Waals surface area contributed by atoms with Gasteiger partial charge >= 0.3 is 0 Å². The zero-order valence-electron chi connectivity index (χ0n) is 11.5. The van der Waals surface area contributed by atoms with Crippen molar-refractivity contribution in [1.29, 1.82) is 0 Å². The highest BCUT2D eigenvalue weighted by molar-refractivity contribution is 5.96. The van der Waals surface area contributed by atoms with Crippen molar-refractivity contribution >= 4 is 5.91 Å². The quantitative estimate of drug-likeness (QED) is 0.827. The lowest BCUT2D eigenvalue weighted by Crippen LogP contribution is -2.48. The van der Waals surface area contributed by atoms with E-state index in [0.29, 0.717) is 13.0 Å². The molecular formula is C15H21NO2. The summed E-state index contributed by atoms with van der Waals surface area (Å²) in [4.78, 5) is 14.3. The molecule has 98 valence electrons. The van der Waals surface area contributed by atoms with E-state index in [1.165, 1.54) is 0 Å². The Morgan fingerprint density at radius 1 is 1.39 bits per heavy atom. The molecule has 0 bridgehead atoms. The molecule has 1 fully saturated rings. The standard InChI is InChI=1S/C15H21NO2/c1-10-5-6-12(11(2)9-10)14(18)16-8-7-13(17)15(16,3)4/h5-6,9,13,17H,7-8H2,1-4H3. The highest BCUT2D eigenvalue weighted by Gasteiger charge is 2.43. The number of hydrogen-bond donors (Lipinski definition) is 1. The van der Waals surface area contributed by atoms with E-state index < -0.39 is 11.6 Å². The minimum absolute atomic E-state index is 0.0223. The Morgan fingerprint density at radius 2 is 2.06 bits per heavy atom. The summed E-state index contributed by atoms with van der Waals surface area (Å²) in [5.41, 5.74) is 2.42. The first kappa shape index (κ1) is 13.1. The molecule has 18 heavy (non-hydrogen) atoms. The molecule has 1 atom stereocenters. The zero-order valence-corrected chi connectivity index (χ0v) is 11.5. The van der Waals surface area contributed by atoms with Gasteiger partial charge in [-0.25, -0.2) is 0 Å². The van der Waals surface area contributed by atoms with E-state index in [1.807, 2.05) is 45.9 Å². The minimum Gasteiger partial charge on any atom is -0.391 e. The van der Waals surface area contributed by atoms with Crippen molar-refractivity contribution in [3.8, 4) is 0 Å². The van der Waals surface area contributed by atoms with E-state index in [2.05, 4.69) is 0 Å². The number of carbonyl (C=O) groups excluding carboxylic acids is 1. The first-order valence-electron chi connectivity index (χ1n) is 6.41. The number of carbonyl (C=O) groups is 1. The van der Waals surface area contributed by atoms with Crippen LogP contribution in [0.2, 0.25) is 0 Å². The van der Waals surface area contributed by atoms with E-state index in [1.54, 1.807) is 4.90 Å². The van der Waals surface area contributed by atoms with E-state index in [0.717, 1.165) is 16.7 Å². The van der Waals surface area contributed by atoms with Gasteiger partial charge in [-0.2, -0.15) is 0 Å². The average molecular weight is 247 g/mol. The van der Waals surface area contributed by atoms with Crippen LogP contribution < -0.4 is 0 Å². The molecule has 0 spiro atoms. The second-order valence-electron chi connectivity index (χ2n) is 5.73. The van der Waals surface area contributed by atoms with Crippen LogP contribution in [-0.4, -0.2) is 34.1 Å². The van der Waals surface area contributed by atoms with Crippen LogP contribution in [0.3, 0.4) is 0 Å². The fourth-order valence-electron chi connectivity index (χ4n) is 2.63. The summed E-state index contributed by atoms with van der Waals surface area (Å²) in [7, 11) is 0. The second kappa shape index (κ2) is 4.39. The van der Waals surface area contributed by atoms with Gasteiger partial charge in [-0.05, 0) is 45.7 Å². The van der Waals surface area contributed by atoms with E-state index >= 15 is 0 Å². The van der Waals surface area contributed by atoms with Crippen LogP contribution in [0.15, 0.2) is 18.2 Å². The maximum Gasteiger partial charge on any atom is 0.254 e. The average Bonchev–Trinajstić information content (AvgIpc) is 2.53. The summed E-state index contributed by atoms with van der Waals surface area (Å²) >= 11 is 0. The van der Waals surface area contributed by atoms with Crippen LogP contribution in [-0.2, 0) is 0 Å². The fourth-order valence-corrected chi connectivity index (χ4v) is 2.63. The van der Waals surface area contributed by atoms with Crippen molar-refractivity contribution in [1.82, 2.24) is 4.90 Å². The van der Waals surface area contributed by atoms with Gasteiger partial charge in [0, 0.05) is 12.1 Å². The van der Waals surface area contributed by atoms with E-state index in [9.17, 15) is 9.90 Å². The lowest BCUT2D eigenvalue weighted by molar-refractivity contribution is 0.0394. The van der Waals surface area contributed by atoms with Crippen molar-refractivity contribution in [3.05, 3.63) is 34.9 Å². The molecule has 0 radical (unpaired) electrons. The van der Waals surface area contributed by atoms with E-state index in [4.69, 9.17) is 0 Å². The van der Waals surface area contributed by atoms with Gasteiger partial charge in [0.2, 0.25) is 0 Å². The Morgan fingerprint density at radius 3 is 2.56 bits per heavy atom. The van der Waals surface area contributed by atoms with Gasteiger partial charge in [0.15, 0.2) is 0 Å². The molecule has 1 unspecified atom stereocenters. The van der Waals surface area contributed by atoms with Crippen molar-refractivity contribution in [2.75, 3.05) is 6.54 Å².